The van der Waals surface area contributed by atoms with Crippen molar-refractivity contribution < 1.29 is 18.3 Å². The van der Waals surface area contributed by atoms with Gasteiger partial charge in [0.25, 0.3) is 5.91 Å². The van der Waals surface area contributed by atoms with E-state index in [2.05, 4.69) is 10.3 Å². The Morgan fingerprint density at radius 1 is 1.23 bits per heavy atom. The lowest BCUT2D eigenvalue weighted by Gasteiger charge is -2.06. The molecule has 1 aromatic heterocycles. The minimum atomic E-state index is -0.690. The van der Waals surface area contributed by atoms with Crippen LogP contribution in [0.3, 0.4) is 0 Å². The van der Waals surface area contributed by atoms with Crippen LogP contribution in [0.5, 0.6) is 5.75 Å². The lowest BCUT2D eigenvalue weighted by Crippen LogP contribution is -2.12. The molecule has 0 spiro atoms. The molecule has 0 saturated carbocycles. The van der Waals surface area contributed by atoms with Crippen molar-refractivity contribution in [3.63, 3.8) is 0 Å². The van der Waals surface area contributed by atoms with Crippen LogP contribution in [0.2, 0.25) is 5.02 Å². The fourth-order valence-corrected chi connectivity index (χ4v) is 3.23. The molecule has 0 bridgehead atoms. The van der Waals surface area contributed by atoms with Gasteiger partial charge in [-0.05, 0) is 43.3 Å². The molecule has 0 unspecified atom stereocenters. The number of carbonyl (C=O) groups is 1. The molecule has 1 N–H and O–H groups in total. The van der Waals surface area contributed by atoms with E-state index in [4.69, 9.17) is 16.3 Å². The molecule has 1 heterocycles. The van der Waals surface area contributed by atoms with Crippen molar-refractivity contribution in [1.82, 2.24) is 4.98 Å². The van der Waals surface area contributed by atoms with Crippen molar-refractivity contribution in [2.45, 2.75) is 13.5 Å². The van der Waals surface area contributed by atoms with Crippen LogP contribution >= 0.6 is 22.9 Å². The Labute approximate surface area is 157 Å². The first-order valence-electron chi connectivity index (χ1n) is 7.54. The van der Waals surface area contributed by atoms with E-state index in [9.17, 15) is 13.6 Å². The summed E-state index contributed by atoms with van der Waals surface area (Å²) in [4.78, 5) is 17.0. The number of aromatic nitrogens is 1. The summed E-state index contributed by atoms with van der Waals surface area (Å²) in [6, 6.07) is 9.96. The molecule has 0 aliphatic carbocycles. The van der Waals surface area contributed by atoms with Crippen molar-refractivity contribution in [1.29, 1.82) is 0 Å². The van der Waals surface area contributed by atoms with Gasteiger partial charge in [-0.3, -0.25) is 4.79 Å². The second-order valence-corrected chi connectivity index (χ2v) is 6.81. The molecular weight excluding hydrogens is 382 g/mol. The largest absolute Gasteiger partial charge is 0.486 e. The number of amides is 1. The Balaban J connectivity index is 1.70. The lowest BCUT2D eigenvalue weighted by atomic mass is 10.3. The van der Waals surface area contributed by atoms with Gasteiger partial charge in [0.15, 0.2) is 5.82 Å². The van der Waals surface area contributed by atoms with Gasteiger partial charge in [0.1, 0.15) is 28.1 Å². The van der Waals surface area contributed by atoms with E-state index in [1.807, 2.05) is 0 Å². The number of thiazole rings is 1. The number of hydrogen-bond acceptors (Lipinski definition) is 4. The van der Waals surface area contributed by atoms with Gasteiger partial charge in [0.2, 0.25) is 0 Å². The second-order valence-electron chi connectivity index (χ2n) is 5.32. The highest BCUT2D eigenvalue weighted by molar-refractivity contribution is 7.13. The maximum Gasteiger partial charge on any atom is 0.267 e. The van der Waals surface area contributed by atoms with Crippen molar-refractivity contribution in [3.8, 4) is 5.75 Å². The highest BCUT2D eigenvalue weighted by Gasteiger charge is 2.18. The van der Waals surface area contributed by atoms with Gasteiger partial charge < -0.3 is 10.1 Å². The molecule has 0 aliphatic rings. The maximum absolute atomic E-state index is 13.9. The quantitative estimate of drug-likeness (QED) is 0.646. The summed E-state index contributed by atoms with van der Waals surface area (Å²) >= 11 is 6.85. The summed E-state index contributed by atoms with van der Waals surface area (Å²) in [5, 5.41) is 2.99. The molecule has 2 aromatic carbocycles. The molecule has 3 aromatic rings. The average molecular weight is 395 g/mol. The highest BCUT2D eigenvalue weighted by Crippen LogP contribution is 2.25. The van der Waals surface area contributed by atoms with E-state index in [-0.39, 0.29) is 23.1 Å². The van der Waals surface area contributed by atoms with Crippen LogP contribution in [-0.4, -0.2) is 10.9 Å². The molecule has 1 amide bonds. The number of carbonyl (C=O) groups excluding carboxylic acids is 1. The van der Waals surface area contributed by atoms with Crippen LogP contribution in [0.4, 0.5) is 14.5 Å². The summed E-state index contributed by atoms with van der Waals surface area (Å²) < 4.78 is 32.3. The number of nitrogens with zero attached hydrogens (tertiary/aromatic N) is 1. The van der Waals surface area contributed by atoms with E-state index < -0.39 is 11.7 Å². The molecule has 0 aliphatic heterocycles. The monoisotopic (exact) mass is 394 g/mol. The summed E-state index contributed by atoms with van der Waals surface area (Å²) in [6.07, 6.45) is 0. The molecule has 134 valence electrons. The van der Waals surface area contributed by atoms with Gasteiger partial charge in [-0.1, -0.05) is 17.7 Å². The van der Waals surface area contributed by atoms with Crippen molar-refractivity contribution >= 4 is 34.5 Å². The number of halogens is 3. The number of nitrogens with one attached hydrogen (secondary N) is 1. The van der Waals surface area contributed by atoms with E-state index in [0.29, 0.717) is 21.3 Å². The normalized spacial score (nSPS) is 10.6. The molecule has 26 heavy (non-hydrogen) atoms. The molecular formula is C18H13ClF2N2O2S. The van der Waals surface area contributed by atoms with Gasteiger partial charge in [-0.2, -0.15) is 0 Å². The Morgan fingerprint density at radius 3 is 2.69 bits per heavy atom. The van der Waals surface area contributed by atoms with Gasteiger partial charge >= 0.3 is 0 Å². The van der Waals surface area contributed by atoms with E-state index in [1.165, 1.54) is 36.4 Å². The fraction of sp³-hybridized carbons (Fsp3) is 0.111. The van der Waals surface area contributed by atoms with Gasteiger partial charge in [-0.25, -0.2) is 13.8 Å². The van der Waals surface area contributed by atoms with Crippen molar-refractivity contribution in [2.75, 3.05) is 5.32 Å². The zero-order chi connectivity index (χ0) is 18.7. The van der Waals surface area contributed by atoms with E-state index >= 15 is 0 Å². The van der Waals surface area contributed by atoms with Crippen LogP contribution in [0.25, 0.3) is 0 Å². The number of anilines is 1. The SMILES string of the molecule is Cc1nc(COc2ccc(F)cc2)sc1C(=O)Nc1cccc(Cl)c1F. The average Bonchev–Trinajstić information content (AvgIpc) is 2.99. The maximum atomic E-state index is 13.9. The third-order valence-electron chi connectivity index (χ3n) is 3.42. The van der Waals surface area contributed by atoms with E-state index in [0.717, 1.165) is 11.3 Å². The minimum Gasteiger partial charge on any atom is -0.486 e. The minimum absolute atomic E-state index is 0.000544. The number of benzene rings is 2. The summed E-state index contributed by atoms with van der Waals surface area (Å²) in [5.41, 5.74) is 0.507. The van der Waals surface area contributed by atoms with Gasteiger partial charge in [-0.15, -0.1) is 11.3 Å². The van der Waals surface area contributed by atoms with Crippen LogP contribution in [0, 0.1) is 18.6 Å². The number of aryl methyl sites for hydroxylation is 1. The fourth-order valence-electron chi connectivity index (χ4n) is 2.18. The zero-order valence-corrected chi connectivity index (χ0v) is 15.1. The third-order valence-corrected chi connectivity index (χ3v) is 4.84. The standard InChI is InChI=1S/C18H13ClF2N2O2S/c1-10-17(18(24)23-14-4-2-3-13(19)16(14)21)26-15(22-10)9-25-12-7-5-11(20)6-8-12/h2-8H,9H2,1H3,(H,23,24). The summed E-state index contributed by atoms with van der Waals surface area (Å²) in [7, 11) is 0. The molecule has 3 rings (SSSR count). The van der Waals surface area contributed by atoms with Crippen LogP contribution < -0.4 is 10.1 Å². The molecule has 0 fully saturated rings. The summed E-state index contributed by atoms with van der Waals surface area (Å²) in [5.74, 6) is -1.03. The second kappa shape index (κ2) is 7.80. The zero-order valence-electron chi connectivity index (χ0n) is 13.6. The molecule has 0 radical (unpaired) electrons. The first-order chi connectivity index (χ1) is 12.4. The van der Waals surface area contributed by atoms with Crippen LogP contribution in [0.15, 0.2) is 42.5 Å². The lowest BCUT2D eigenvalue weighted by molar-refractivity contribution is 0.102. The molecule has 0 atom stereocenters. The molecule has 8 heteroatoms. The Hall–Kier alpha value is -2.51. The summed E-state index contributed by atoms with van der Waals surface area (Å²) in [6.45, 7) is 1.82. The van der Waals surface area contributed by atoms with Crippen molar-refractivity contribution in [2.24, 2.45) is 0 Å². The first kappa shape index (κ1) is 18.3. The first-order valence-corrected chi connectivity index (χ1v) is 8.73. The Kier molecular flexibility index (Phi) is 5.49. The smallest absolute Gasteiger partial charge is 0.267 e. The number of ether oxygens (including phenoxy) is 1. The molecule has 4 nitrogen and oxygen atoms in total. The van der Waals surface area contributed by atoms with Crippen LogP contribution in [0.1, 0.15) is 20.4 Å². The topological polar surface area (TPSA) is 51.2 Å². The third kappa shape index (κ3) is 4.17. The van der Waals surface area contributed by atoms with Gasteiger partial charge in [0.05, 0.1) is 16.4 Å². The highest BCUT2D eigenvalue weighted by atomic mass is 35.5. The Bertz CT molecular complexity index is 945. The predicted octanol–water partition coefficient (Wildman–Crippen LogP) is 5.21. The van der Waals surface area contributed by atoms with Crippen LogP contribution in [-0.2, 0) is 6.61 Å². The van der Waals surface area contributed by atoms with Crippen molar-refractivity contribution in [3.05, 3.63) is 74.7 Å². The van der Waals surface area contributed by atoms with Gasteiger partial charge in [0, 0.05) is 0 Å². The predicted molar refractivity (Wildman–Crippen MR) is 96.9 cm³/mol. The molecule has 0 saturated heterocycles. The van der Waals surface area contributed by atoms with E-state index in [1.54, 1.807) is 13.0 Å². The number of rotatable bonds is 5. The number of hydrogen-bond donors (Lipinski definition) is 1. The Morgan fingerprint density at radius 2 is 1.96 bits per heavy atom.